The highest BCUT2D eigenvalue weighted by Crippen LogP contribution is 2.34. The summed E-state index contributed by atoms with van der Waals surface area (Å²) in [5, 5.41) is 21.6. The molecule has 0 saturated carbocycles. The Balaban J connectivity index is 3.53. The Bertz CT molecular complexity index is 1000. The number of halogens is 3. The molecule has 0 fully saturated rings. The molecule has 6 atom stereocenters. The smallest absolute Gasteiger partial charge is 0.412 e. The van der Waals surface area contributed by atoms with Crippen LogP contribution in [0.25, 0.3) is 0 Å². The van der Waals surface area contributed by atoms with Crippen LogP contribution < -0.4 is 11.5 Å². The van der Waals surface area contributed by atoms with Gasteiger partial charge in [-0.1, -0.05) is 33.8 Å². The van der Waals surface area contributed by atoms with Crippen LogP contribution in [0.5, 0.6) is 0 Å². The average Bonchev–Trinajstić information content (AvgIpc) is 2.85. The van der Waals surface area contributed by atoms with Crippen LogP contribution in [0.1, 0.15) is 60.3 Å². The Morgan fingerprint density at radius 2 is 1.82 bits per heavy atom. The van der Waals surface area contributed by atoms with Gasteiger partial charge in [0.25, 0.3) is 5.95 Å². The lowest BCUT2D eigenvalue weighted by atomic mass is 9.72. The number of carbonyl (C=O) groups excluding carboxylic acids is 2. The van der Waals surface area contributed by atoms with Crippen LogP contribution in [-0.4, -0.2) is 59.6 Å². The fraction of sp³-hybridized carbons (Fsp3) is 0.643. The van der Waals surface area contributed by atoms with Crippen LogP contribution in [0.3, 0.4) is 0 Å². The van der Waals surface area contributed by atoms with Gasteiger partial charge in [0.15, 0.2) is 0 Å². The average molecular weight is 577 g/mol. The first-order valence-electron chi connectivity index (χ1n) is 13.0. The van der Waals surface area contributed by atoms with Gasteiger partial charge in [-0.05, 0) is 43.9 Å². The van der Waals surface area contributed by atoms with Gasteiger partial charge in [0.05, 0.1) is 36.9 Å². The summed E-state index contributed by atoms with van der Waals surface area (Å²) in [5.74, 6) is -3.09. The first-order valence-corrected chi connectivity index (χ1v) is 13.0. The number of aliphatic hydroxyl groups excluding tert-OH is 2. The number of aliphatic hydroxyl groups is 2. The number of hydrogen-bond acceptors (Lipinski definition) is 9. The standard InChI is InChI=1S/C28H43F3N2O7/c1-15(10-21(33)14-39-18(4)38-7)22-9-8-19(28(29,30)31)12-20(32)11-16(2)25(36)17(3)26(37)27(5,6)23(34)13-24(35)40-22/h8,10,14,16-17,20,22-23,25,34,36H,4,9,11-13,32-33H2,1-3,5-7H3/b15-10+,19-8+,21-14-/t16-,17+,20?,22-,23-,25-/m0/s1. The van der Waals surface area contributed by atoms with Gasteiger partial charge in [-0.2, -0.15) is 13.2 Å². The zero-order valence-corrected chi connectivity index (χ0v) is 24.0. The highest BCUT2D eigenvalue weighted by Gasteiger charge is 2.43. The number of allylic oxidation sites excluding steroid dienone is 1. The maximum absolute atomic E-state index is 13.9. The zero-order valence-electron chi connectivity index (χ0n) is 24.0. The Morgan fingerprint density at radius 3 is 2.38 bits per heavy atom. The minimum absolute atomic E-state index is 0.0145. The van der Waals surface area contributed by atoms with E-state index in [2.05, 4.69) is 6.58 Å². The molecular weight excluding hydrogens is 533 g/mol. The van der Waals surface area contributed by atoms with E-state index in [9.17, 15) is 33.0 Å². The van der Waals surface area contributed by atoms with Gasteiger partial charge in [0.2, 0.25) is 0 Å². The SMILES string of the molecule is C=C(OC)O/C=C(N)/C=C(\C)[C@@H]1C/C=C(/C(F)(F)F)CC(N)C[C@H](C)[C@H](O)[C@@H](C)C(=O)C(C)(C)[C@@H](O)CC(=O)O1. The lowest BCUT2D eigenvalue weighted by molar-refractivity contribution is -0.154. The van der Waals surface area contributed by atoms with Gasteiger partial charge in [-0.25, -0.2) is 0 Å². The molecule has 0 amide bonds. The molecule has 0 radical (unpaired) electrons. The molecule has 9 nitrogen and oxygen atoms in total. The lowest BCUT2D eigenvalue weighted by Crippen LogP contribution is -2.46. The molecule has 0 aliphatic carbocycles. The zero-order chi connectivity index (χ0) is 31.0. The maximum atomic E-state index is 13.9. The molecule has 1 aliphatic rings. The van der Waals surface area contributed by atoms with Gasteiger partial charge >= 0.3 is 12.1 Å². The van der Waals surface area contributed by atoms with E-state index in [0.717, 1.165) is 12.3 Å². The Morgan fingerprint density at radius 1 is 1.23 bits per heavy atom. The number of esters is 1. The second-order valence-electron chi connectivity index (χ2n) is 10.9. The van der Waals surface area contributed by atoms with Gasteiger partial charge < -0.3 is 35.9 Å². The highest BCUT2D eigenvalue weighted by molar-refractivity contribution is 5.88. The van der Waals surface area contributed by atoms with Crippen molar-refractivity contribution in [3.63, 3.8) is 0 Å². The quantitative estimate of drug-likeness (QED) is 0.166. The lowest BCUT2D eigenvalue weighted by Gasteiger charge is -2.35. The predicted molar refractivity (Wildman–Crippen MR) is 143 cm³/mol. The summed E-state index contributed by atoms with van der Waals surface area (Å²) in [6, 6.07) is -0.978. The van der Waals surface area contributed by atoms with E-state index in [1.807, 2.05) is 0 Å². The third-order valence-electron chi connectivity index (χ3n) is 7.17. The minimum atomic E-state index is -4.71. The summed E-state index contributed by atoms with van der Waals surface area (Å²) < 4.78 is 57.0. The number of carbonyl (C=O) groups is 2. The monoisotopic (exact) mass is 576 g/mol. The predicted octanol–water partition coefficient (Wildman–Crippen LogP) is 3.76. The summed E-state index contributed by atoms with van der Waals surface area (Å²) in [6.45, 7) is 10.9. The molecular formula is C28H43F3N2O7. The Labute approximate surface area is 233 Å². The molecule has 1 aliphatic heterocycles. The topological polar surface area (TPSA) is 154 Å². The third kappa shape index (κ3) is 10.3. The van der Waals surface area contributed by atoms with Crippen molar-refractivity contribution in [1.29, 1.82) is 0 Å². The summed E-state index contributed by atoms with van der Waals surface area (Å²) in [7, 11) is 1.33. The molecule has 6 N–H and O–H groups in total. The fourth-order valence-corrected chi connectivity index (χ4v) is 4.46. The van der Waals surface area contributed by atoms with E-state index in [0.29, 0.717) is 0 Å². The number of nitrogens with two attached hydrogens (primary N) is 2. The molecule has 228 valence electrons. The molecule has 1 unspecified atom stereocenters. The number of cyclic esters (lactones) is 1. The van der Waals surface area contributed by atoms with Crippen molar-refractivity contribution in [2.24, 2.45) is 28.7 Å². The third-order valence-corrected chi connectivity index (χ3v) is 7.17. The van der Waals surface area contributed by atoms with E-state index in [1.54, 1.807) is 6.92 Å². The molecule has 0 bridgehead atoms. The second kappa shape index (κ2) is 14.7. The van der Waals surface area contributed by atoms with Crippen molar-refractivity contribution >= 4 is 11.8 Å². The number of ether oxygens (including phenoxy) is 3. The van der Waals surface area contributed by atoms with E-state index < -0.39 is 77.9 Å². The van der Waals surface area contributed by atoms with Gasteiger partial charge in [0, 0.05) is 24.0 Å². The van der Waals surface area contributed by atoms with Crippen LogP contribution in [0.2, 0.25) is 0 Å². The number of rotatable bonds is 5. The minimum Gasteiger partial charge on any atom is -0.469 e. The van der Waals surface area contributed by atoms with Crippen LogP contribution in [-0.2, 0) is 23.8 Å². The second-order valence-corrected chi connectivity index (χ2v) is 10.9. The number of hydrogen-bond donors (Lipinski definition) is 4. The van der Waals surface area contributed by atoms with Gasteiger partial charge in [0.1, 0.15) is 18.1 Å². The van der Waals surface area contributed by atoms with Crippen molar-refractivity contribution in [2.45, 2.75) is 90.8 Å². The molecule has 40 heavy (non-hydrogen) atoms. The van der Waals surface area contributed by atoms with E-state index in [4.69, 9.17) is 25.7 Å². The molecule has 1 rings (SSSR count). The van der Waals surface area contributed by atoms with Crippen LogP contribution in [0, 0.1) is 17.3 Å². The van der Waals surface area contributed by atoms with Crippen molar-refractivity contribution < 1.29 is 47.2 Å². The summed E-state index contributed by atoms with van der Waals surface area (Å²) in [5.41, 5.74) is 9.92. The normalized spacial score (nSPS) is 31.6. The summed E-state index contributed by atoms with van der Waals surface area (Å²) >= 11 is 0. The number of ketones is 1. The molecule has 1 heterocycles. The van der Waals surface area contributed by atoms with Crippen LogP contribution in [0.4, 0.5) is 13.2 Å². The van der Waals surface area contributed by atoms with Gasteiger partial charge in [-0.15, -0.1) is 0 Å². The Kier molecular flexibility index (Phi) is 12.9. The maximum Gasteiger partial charge on any atom is 0.412 e. The van der Waals surface area contributed by atoms with Crippen LogP contribution in [0.15, 0.2) is 47.8 Å². The first kappa shape index (κ1) is 35.2. The highest BCUT2D eigenvalue weighted by atomic mass is 19.4. The van der Waals surface area contributed by atoms with Crippen LogP contribution >= 0.6 is 0 Å². The summed E-state index contributed by atoms with van der Waals surface area (Å²) in [6.07, 6.45) is -6.78. The van der Waals surface area contributed by atoms with Crippen molar-refractivity contribution in [2.75, 3.05) is 7.11 Å². The first-order chi connectivity index (χ1) is 18.3. The van der Waals surface area contributed by atoms with Gasteiger partial charge in [-0.3, -0.25) is 9.59 Å². The number of alkyl halides is 3. The molecule has 0 aromatic rings. The molecule has 0 saturated heterocycles. The molecule has 0 spiro atoms. The molecule has 12 heteroatoms. The van der Waals surface area contributed by atoms with E-state index in [1.165, 1.54) is 40.9 Å². The van der Waals surface area contributed by atoms with Crippen molar-refractivity contribution in [3.05, 3.63) is 47.8 Å². The summed E-state index contributed by atoms with van der Waals surface area (Å²) in [4.78, 5) is 26.0. The Hall–Kier alpha value is -2.83. The number of methoxy groups -OCH3 is 1. The molecule has 0 aromatic carbocycles. The molecule has 0 aromatic heterocycles. The largest absolute Gasteiger partial charge is 0.469 e. The fourth-order valence-electron chi connectivity index (χ4n) is 4.46. The van der Waals surface area contributed by atoms with Crippen molar-refractivity contribution in [1.82, 2.24) is 0 Å². The van der Waals surface area contributed by atoms with E-state index in [-0.39, 0.29) is 30.1 Å². The van der Waals surface area contributed by atoms with E-state index >= 15 is 0 Å². The number of Topliss-reactive ketones (excluding diaryl/α,β-unsaturated/α-hetero) is 1. The van der Waals surface area contributed by atoms with Crippen molar-refractivity contribution in [3.8, 4) is 0 Å².